The summed E-state index contributed by atoms with van der Waals surface area (Å²) < 4.78 is 7.44. The molecule has 0 radical (unpaired) electrons. The molecule has 3 aliphatic heterocycles. The molecule has 0 unspecified atom stereocenters. The third-order valence-electron chi connectivity index (χ3n) is 7.06. The zero-order chi connectivity index (χ0) is 21.9. The molecule has 0 aliphatic carbocycles. The van der Waals surface area contributed by atoms with Gasteiger partial charge in [0.2, 0.25) is 5.95 Å². The molecule has 5 rings (SSSR count). The number of anilines is 1. The Morgan fingerprint density at radius 1 is 1.26 bits per heavy atom. The molecule has 2 saturated heterocycles. The van der Waals surface area contributed by atoms with Crippen LogP contribution in [-0.2, 0) is 18.3 Å². The van der Waals surface area contributed by atoms with E-state index in [0.29, 0.717) is 51.7 Å². The topological polar surface area (TPSA) is 85.7 Å². The zero-order valence-electron chi connectivity index (χ0n) is 17.6. The molecule has 1 aromatic heterocycles. The molecule has 2 fully saturated rings. The van der Waals surface area contributed by atoms with Gasteiger partial charge in [-0.1, -0.05) is 35.3 Å². The van der Waals surface area contributed by atoms with Gasteiger partial charge >= 0.3 is 0 Å². The van der Waals surface area contributed by atoms with Gasteiger partial charge in [-0.05, 0) is 25.8 Å². The first kappa shape index (κ1) is 20.9. The summed E-state index contributed by atoms with van der Waals surface area (Å²) in [7, 11) is 1.76. The highest BCUT2D eigenvalue weighted by molar-refractivity contribution is 6.44. The second-order valence-corrected chi connectivity index (χ2v) is 9.54. The fourth-order valence-corrected chi connectivity index (χ4v) is 5.42. The largest absolute Gasteiger partial charge is 0.376 e. The Hall–Kier alpha value is -1.93. The average Bonchev–Trinajstić information content (AvgIpc) is 3.31. The maximum atomic E-state index is 13.3. The second kappa shape index (κ2) is 7.59. The minimum atomic E-state index is -0.123. The highest BCUT2D eigenvalue weighted by Gasteiger charge is 2.48. The van der Waals surface area contributed by atoms with Gasteiger partial charge in [-0.2, -0.15) is 0 Å². The van der Waals surface area contributed by atoms with Gasteiger partial charge in [0.25, 0.3) is 5.56 Å². The Kier molecular flexibility index (Phi) is 5.13. The lowest BCUT2D eigenvalue weighted by atomic mass is 9.73. The fourth-order valence-electron chi connectivity index (χ4n) is 5.03. The predicted molar refractivity (Wildman–Crippen MR) is 123 cm³/mol. The Balaban J connectivity index is 1.45. The SMILES string of the molecule is C[C@@H]1OCC2(CCN(c3nc4c(c(=O)n3C)C(c3cccc(Cl)c3Cl)=NC4)CC2)[C@@H]1N. The molecule has 1 aromatic carbocycles. The van der Waals surface area contributed by atoms with Crippen molar-refractivity contribution in [2.75, 3.05) is 24.6 Å². The van der Waals surface area contributed by atoms with Crippen molar-refractivity contribution in [1.29, 1.82) is 0 Å². The quantitative estimate of drug-likeness (QED) is 0.742. The summed E-state index contributed by atoms with van der Waals surface area (Å²) >= 11 is 12.6. The first-order chi connectivity index (χ1) is 14.8. The van der Waals surface area contributed by atoms with Crippen molar-refractivity contribution in [3.8, 4) is 0 Å². The maximum absolute atomic E-state index is 13.3. The van der Waals surface area contributed by atoms with Crippen molar-refractivity contribution < 1.29 is 4.74 Å². The fraction of sp³-hybridized carbons (Fsp3) is 0.500. The maximum Gasteiger partial charge on any atom is 0.264 e. The molecule has 2 atom stereocenters. The molecule has 4 heterocycles. The molecule has 1 spiro atoms. The van der Waals surface area contributed by atoms with Crippen LogP contribution in [0.25, 0.3) is 0 Å². The number of nitrogens with zero attached hydrogens (tertiary/aromatic N) is 4. The summed E-state index contributed by atoms with van der Waals surface area (Å²) in [6.45, 7) is 4.68. The first-order valence-electron chi connectivity index (χ1n) is 10.5. The molecule has 3 aliphatic rings. The van der Waals surface area contributed by atoms with Crippen LogP contribution in [-0.4, -0.2) is 47.1 Å². The Bertz CT molecular complexity index is 1140. The van der Waals surface area contributed by atoms with Gasteiger partial charge in [-0.15, -0.1) is 0 Å². The van der Waals surface area contributed by atoms with Gasteiger partial charge in [-0.3, -0.25) is 14.4 Å². The van der Waals surface area contributed by atoms with Crippen LogP contribution in [0.3, 0.4) is 0 Å². The molecule has 31 heavy (non-hydrogen) atoms. The van der Waals surface area contributed by atoms with E-state index in [1.807, 2.05) is 13.0 Å². The van der Waals surface area contributed by atoms with Crippen LogP contribution >= 0.6 is 23.2 Å². The zero-order valence-corrected chi connectivity index (χ0v) is 19.1. The van der Waals surface area contributed by atoms with Crippen LogP contribution in [0.2, 0.25) is 10.0 Å². The average molecular weight is 462 g/mol. The number of aliphatic imine (C=N–C) groups is 1. The number of halogens is 2. The van der Waals surface area contributed by atoms with Crippen LogP contribution in [0.5, 0.6) is 0 Å². The second-order valence-electron chi connectivity index (χ2n) is 8.76. The van der Waals surface area contributed by atoms with Gasteiger partial charge in [0, 0.05) is 37.2 Å². The van der Waals surface area contributed by atoms with E-state index in [0.717, 1.165) is 25.9 Å². The number of nitrogens with two attached hydrogens (primary N) is 1. The van der Waals surface area contributed by atoms with E-state index in [1.165, 1.54) is 0 Å². The van der Waals surface area contributed by atoms with E-state index in [1.54, 1.807) is 23.7 Å². The number of fused-ring (bicyclic) bond motifs is 1. The van der Waals surface area contributed by atoms with E-state index in [2.05, 4.69) is 9.89 Å². The van der Waals surface area contributed by atoms with Gasteiger partial charge in [-0.25, -0.2) is 4.98 Å². The molecule has 7 nitrogen and oxygen atoms in total. The summed E-state index contributed by atoms with van der Waals surface area (Å²) in [5.41, 5.74) is 8.74. The molecular weight excluding hydrogens is 437 g/mol. The monoisotopic (exact) mass is 461 g/mol. The van der Waals surface area contributed by atoms with E-state index in [-0.39, 0.29) is 23.1 Å². The predicted octanol–water partition coefficient (Wildman–Crippen LogP) is 2.77. The van der Waals surface area contributed by atoms with E-state index in [9.17, 15) is 4.79 Å². The summed E-state index contributed by atoms with van der Waals surface area (Å²) in [5.74, 6) is 0.674. The highest BCUT2D eigenvalue weighted by atomic mass is 35.5. The molecule has 0 saturated carbocycles. The Morgan fingerprint density at radius 3 is 2.68 bits per heavy atom. The van der Waals surface area contributed by atoms with Crippen LogP contribution in [0.15, 0.2) is 28.0 Å². The highest BCUT2D eigenvalue weighted by Crippen LogP contribution is 2.41. The molecule has 164 valence electrons. The van der Waals surface area contributed by atoms with Crippen LogP contribution in [0.1, 0.15) is 36.6 Å². The first-order valence-corrected chi connectivity index (χ1v) is 11.3. The summed E-state index contributed by atoms with van der Waals surface area (Å²) in [6, 6.07) is 5.39. The minimum Gasteiger partial charge on any atom is -0.376 e. The number of piperidine rings is 1. The number of benzene rings is 1. The molecule has 0 bridgehead atoms. The lowest BCUT2D eigenvalue weighted by molar-refractivity contribution is 0.0973. The van der Waals surface area contributed by atoms with E-state index in [4.69, 9.17) is 38.7 Å². The molecule has 2 aromatic rings. The Morgan fingerprint density at radius 2 is 2.00 bits per heavy atom. The van der Waals surface area contributed by atoms with Crippen LogP contribution < -0.4 is 16.2 Å². The molecule has 2 N–H and O–H groups in total. The smallest absolute Gasteiger partial charge is 0.264 e. The van der Waals surface area contributed by atoms with E-state index >= 15 is 0 Å². The van der Waals surface area contributed by atoms with E-state index < -0.39 is 0 Å². The lowest BCUT2D eigenvalue weighted by Crippen LogP contribution is -2.51. The third-order valence-corrected chi connectivity index (χ3v) is 7.88. The number of ether oxygens (including phenoxy) is 1. The van der Waals surface area contributed by atoms with Crippen LogP contribution in [0.4, 0.5) is 5.95 Å². The number of aromatic nitrogens is 2. The van der Waals surface area contributed by atoms with Crippen molar-refractivity contribution in [1.82, 2.24) is 9.55 Å². The van der Waals surface area contributed by atoms with Crippen molar-refractivity contribution in [3.63, 3.8) is 0 Å². The summed E-state index contributed by atoms with van der Waals surface area (Å²) in [6.07, 6.45) is 1.93. The van der Waals surface area contributed by atoms with Gasteiger partial charge in [0.15, 0.2) is 0 Å². The van der Waals surface area contributed by atoms with Crippen LogP contribution in [0, 0.1) is 5.41 Å². The van der Waals surface area contributed by atoms with Gasteiger partial charge < -0.3 is 15.4 Å². The summed E-state index contributed by atoms with van der Waals surface area (Å²) in [5, 5.41) is 0.829. The minimum absolute atomic E-state index is 0.0190. The number of hydrogen-bond donors (Lipinski definition) is 1. The number of rotatable bonds is 2. The number of hydrogen-bond acceptors (Lipinski definition) is 6. The van der Waals surface area contributed by atoms with Gasteiger partial charge in [0.05, 0.1) is 46.3 Å². The van der Waals surface area contributed by atoms with Crippen molar-refractivity contribution >= 4 is 34.9 Å². The molecular formula is C22H25Cl2N5O2. The van der Waals surface area contributed by atoms with Gasteiger partial charge in [0.1, 0.15) is 0 Å². The Labute approximate surface area is 190 Å². The van der Waals surface area contributed by atoms with Crippen molar-refractivity contribution in [3.05, 3.63) is 55.4 Å². The summed E-state index contributed by atoms with van der Waals surface area (Å²) in [4.78, 5) is 25.0. The molecule has 9 heteroatoms. The standard InChI is InChI=1S/C22H25Cl2N5O2/c1-12-19(25)22(11-31-12)6-8-29(9-7-22)21-27-15-10-26-18(16(15)20(30)28(21)2)13-4-3-5-14(23)17(13)24/h3-5,12,19H,6-11,25H2,1-2H3/t12-,19+/m0/s1. The van der Waals surface area contributed by atoms with Crippen molar-refractivity contribution in [2.45, 2.75) is 38.5 Å². The third kappa shape index (κ3) is 3.21. The normalized spacial score (nSPS) is 24.5. The molecule has 0 amide bonds. The van der Waals surface area contributed by atoms with Crippen molar-refractivity contribution in [2.24, 2.45) is 23.2 Å². The lowest BCUT2D eigenvalue weighted by Gasteiger charge is -2.41.